The molecular formula is C14H12ClNO2S. The topological polar surface area (TPSA) is 37.4 Å². The molecule has 0 aliphatic carbocycles. The predicted octanol–water partition coefficient (Wildman–Crippen LogP) is 3.33. The molecule has 1 heterocycles. The Balaban J connectivity index is 2.45. The van der Waals surface area contributed by atoms with E-state index in [1.165, 1.54) is 16.2 Å². The fourth-order valence-corrected chi connectivity index (χ4v) is 2.67. The van der Waals surface area contributed by atoms with E-state index in [4.69, 9.17) is 11.6 Å². The molecular weight excluding hydrogens is 282 g/mol. The van der Waals surface area contributed by atoms with Gasteiger partial charge in [-0.25, -0.2) is 0 Å². The zero-order valence-electron chi connectivity index (χ0n) is 10.5. The maximum absolute atomic E-state index is 12.4. The number of carbonyl (C=O) groups is 2. The molecule has 0 bridgehead atoms. The zero-order valence-corrected chi connectivity index (χ0v) is 12.1. The highest BCUT2D eigenvalue weighted by molar-refractivity contribution is 7.18. The summed E-state index contributed by atoms with van der Waals surface area (Å²) in [5, 5.41) is 0. The standard InChI is InChI=1S/C14H12ClNO2S/c1-16(2)14(18)10-6-4-3-5-9(10)13(17)11-7-8-12(15)19-11/h3-8H,1-2H3. The molecule has 98 valence electrons. The number of hydrogen-bond acceptors (Lipinski definition) is 3. The van der Waals surface area contributed by atoms with Crippen LogP contribution in [-0.2, 0) is 0 Å². The molecule has 0 spiro atoms. The summed E-state index contributed by atoms with van der Waals surface area (Å²) in [6.07, 6.45) is 0. The second kappa shape index (κ2) is 5.55. The number of carbonyl (C=O) groups excluding carboxylic acids is 2. The summed E-state index contributed by atoms with van der Waals surface area (Å²) >= 11 is 7.05. The number of nitrogens with zero attached hydrogens (tertiary/aromatic N) is 1. The van der Waals surface area contributed by atoms with Crippen LogP contribution < -0.4 is 0 Å². The Bertz CT molecular complexity index is 634. The van der Waals surface area contributed by atoms with Crippen molar-refractivity contribution in [1.82, 2.24) is 4.90 Å². The van der Waals surface area contributed by atoms with Crippen molar-refractivity contribution in [3.8, 4) is 0 Å². The lowest BCUT2D eigenvalue weighted by atomic mass is 10.0. The van der Waals surface area contributed by atoms with Crippen LogP contribution in [-0.4, -0.2) is 30.7 Å². The number of benzene rings is 1. The minimum Gasteiger partial charge on any atom is -0.345 e. The zero-order chi connectivity index (χ0) is 14.0. The van der Waals surface area contributed by atoms with Gasteiger partial charge in [0.1, 0.15) is 0 Å². The van der Waals surface area contributed by atoms with Crippen LogP contribution in [0.1, 0.15) is 25.6 Å². The highest BCUT2D eigenvalue weighted by Crippen LogP contribution is 2.25. The average molecular weight is 294 g/mol. The fraction of sp³-hybridized carbons (Fsp3) is 0.143. The van der Waals surface area contributed by atoms with E-state index in [0.29, 0.717) is 20.3 Å². The minimum atomic E-state index is -0.188. The summed E-state index contributed by atoms with van der Waals surface area (Å²) in [5.41, 5.74) is 0.807. The molecule has 0 N–H and O–H groups in total. The van der Waals surface area contributed by atoms with Crippen molar-refractivity contribution in [3.63, 3.8) is 0 Å². The molecule has 1 aromatic carbocycles. The monoisotopic (exact) mass is 293 g/mol. The molecule has 2 aromatic rings. The van der Waals surface area contributed by atoms with Crippen LogP contribution >= 0.6 is 22.9 Å². The first-order valence-corrected chi connectivity index (χ1v) is 6.81. The van der Waals surface area contributed by atoms with E-state index in [0.717, 1.165) is 0 Å². The number of halogens is 1. The third-order valence-corrected chi connectivity index (χ3v) is 3.84. The number of thiophene rings is 1. The third-order valence-electron chi connectivity index (χ3n) is 2.61. The first kappa shape index (κ1) is 13.8. The summed E-state index contributed by atoms with van der Waals surface area (Å²) in [6, 6.07) is 10.2. The van der Waals surface area contributed by atoms with Crippen molar-refractivity contribution in [3.05, 3.63) is 56.7 Å². The summed E-state index contributed by atoms with van der Waals surface area (Å²) in [4.78, 5) is 26.4. The summed E-state index contributed by atoms with van der Waals surface area (Å²) in [5.74, 6) is -0.366. The molecule has 0 fully saturated rings. The van der Waals surface area contributed by atoms with Gasteiger partial charge in [0.15, 0.2) is 0 Å². The number of ketones is 1. The normalized spacial score (nSPS) is 10.3. The maximum Gasteiger partial charge on any atom is 0.254 e. The molecule has 0 aliphatic heterocycles. The average Bonchev–Trinajstić information content (AvgIpc) is 2.83. The molecule has 0 unspecified atom stereocenters. The van der Waals surface area contributed by atoms with E-state index in [1.54, 1.807) is 50.5 Å². The van der Waals surface area contributed by atoms with E-state index in [1.807, 2.05) is 0 Å². The van der Waals surface area contributed by atoms with Gasteiger partial charge in [-0.05, 0) is 18.2 Å². The van der Waals surface area contributed by atoms with Crippen molar-refractivity contribution in [2.45, 2.75) is 0 Å². The lowest BCUT2D eigenvalue weighted by Crippen LogP contribution is -2.24. The quantitative estimate of drug-likeness (QED) is 0.814. The lowest BCUT2D eigenvalue weighted by Gasteiger charge is -2.12. The van der Waals surface area contributed by atoms with Crippen LogP contribution in [0.2, 0.25) is 4.34 Å². The summed E-state index contributed by atoms with van der Waals surface area (Å²) in [6.45, 7) is 0. The van der Waals surface area contributed by atoms with Crippen molar-refractivity contribution in [2.75, 3.05) is 14.1 Å². The van der Waals surface area contributed by atoms with Gasteiger partial charge in [0, 0.05) is 19.7 Å². The predicted molar refractivity (Wildman–Crippen MR) is 77.2 cm³/mol. The first-order chi connectivity index (χ1) is 9.00. The van der Waals surface area contributed by atoms with Gasteiger partial charge in [-0.2, -0.15) is 0 Å². The Hall–Kier alpha value is -1.65. The van der Waals surface area contributed by atoms with Gasteiger partial charge < -0.3 is 4.90 Å². The van der Waals surface area contributed by atoms with Crippen LogP contribution in [0.5, 0.6) is 0 Å². The number of rotatable bonds is 3. The molecule has 0 aliphatic rings. The number of hydrogen-bond donors (Lipinski definition) is 0. The Morgan fingerprint density at radius 3 is 2.21 bits per heavy atom. The molecule has 1 aromatic heterocycles. The van der Waals surface area contributed by atoms with Crippen LogP contribution in [0.4, 0.5) is 0 Å². The second-order valence-electron chi connectivity index (χ2n) is 4.18. The van der Waals surface area contributed by atoms with E-state index < -0.39 is 0 Å². The molecule has 3 nitrogen and oxygen atoms in total. The van der Waals surface area contributed by atoms with E-state index in [9.17, 15) is 9.59 Å². The van der Waals surface area contributed by atoms with Crippen molar-refractivity contribution in [2.24, 2.45) is 0 Å². The number of amides is 1. The van der Waals surface area contributed by atoms with Gasteiger partial charge in [0.2, 0.25) is 5.78 Å². The molecule has 0 atom stereocenters. The Morgan fingerprint density at radius 1 is 1.05 bits per heavy atom. The van der Waals surface area contributed by atoms with Gasteiger partial charge in [0.05, 0.1) is 14.8 Å². The lowest BCUT2D eigenvalue weighted by molar-refractivity contribution is 0.0822. The van der Waals surface area contributed by atoms with Gasteiger partial charge in [0.25, 0.3) is 5.91 Å². The fourth-order valence-electron chi connectivity index (χ4n) is 1.68. The smallest absolute Gasteiger partial charge is 0.254 e. The summed E-state index contributed by atoms with van der Waals surface area (Å²) < 4.78 is 0.555. The van der Waals surface area contributed by atoms with Gasteiger partial charge in [-0.1, -0.05) is 29.8 Å². The SMILES string of the molecule is CN(C)C(=O)c1ccccc1C(=O)c1ccc(Cl)s1. The van der Waals surface area contributed by atoms with E-state index in [-0.39, 0.29) is 11.7 Å². The Labute approximate surface area is 120 Å². The molecule has 19 heavy (non-hydrogen) atoms. The largest absolute Gasteiger partial charge is 0.345 e. The molecule has 2 rings (SSSR count). The van der Waals surface area contributed by atoms with Gasteiger partial charge >= 0.3 is 0 Å². The van der Waals surface area contributed by atoms with Crippen LogP contribution in [0.25, 0.3) is 0 Å². The molecule has 1 amide bonds. The van der Waals surface area contributed by atoms with E-state index in [2.05, 4.69) is 0 Å². The molecule has 0 saturated heterocycles. The van der Waals surface area contributed by atoms with Crippen LogP contribution in [0, 0.1) is 0 Å². The highest BCUT2D eigenvalue weighted by Gasteiger charge is 2.20. The molecule has 5 heteroatoms. The van der Waals surface area contributed by atoms with Crippen molar-refractivity contribution >= 4 is 34.6 Å². The van der Waals surface area contributed by atoms with Gasteiger partial charge in [-0.15, -0.1) is 11.3 Å². The summed E-state index contributed by atoms with van der Waals surface area (Å²) in [7, 11) is 3.32. The highest BCUT2D eigenvalue weighted by atomic mass is 35.5. The molecule has 0 saturated carbocycles. The van der Waals surface area contributed by atoms with Crippen LogP contribution in [0.15, 0.2) is 36.4 Å². The molecule has 0 radical (unpaired) electrons. The van der Waals surface area contributed by atoms with Gasteiger partial charge in [-0.3, -0.25) is 9.59 Å². The Kier molecular flexibility index (Phi) is 4.02. The van der Waals surface area contributed by atoms with E-state index >= 15 is 0 Å². The van der Waals surface area contributed by atoms with Crippen molar-refractivity contribution in [1.29, 1.82) is 0 Å². The first-order valence-electron chi connectivity index (χ1n) is 5.61. The second-order valence-corrected chi connectivity index (χ2v) is 5.89. The van der Waals surface area contributed by atoms with Crippen LogP contribution in [0.3, 0.4) is 0 Å². The van der Waals surface area contributed by atoms with Crippen molar-refractivity contribution < 1.29 is 9.59 Å². The maximum atomic E-state index is 12.4. The third kappa shape index (κ3) is 2.85. The Morgan fingerprint density at radius 2 is 1.68 bits per heavy atom. The minimum absolute atomic E-state index is 0.178.